The predicted molar refractivity (Wildman–Crippen MR) is 54.2 cm³/mol. The van der Waals surface area contributed by atoms with Crippen LogP contribution in [0.2, 0.25) is 0 Å². The fourth-order valence-electron chi connectivity index (χ4n) is 1.95. The second-order valence-corrected chi connectivity index (χ2v) is 3.59. The highest BCUT2D eigenvalue weighted by atomic mass is 16.3. The van der Waals surface area contributed by atoms with E-state index in [1.807, 2.05) is 0 Å². The highest BCUT2D eigenvalue weighted by Crippen LogP contribution is 2.27. The van der Waals surface area contributed by atoms with E-state index in [0.29, 0.717) is 0 Å². The van der Waals surface area contributed by atoms with Crippen molar-refractivity contribution in [2.75, 3.05) is 24.6 Å². The van der Waals surface area contributed by atoms with Crippen LogP contribution in [0.1, 0.15) is 11.1 Å². The molecule has 0 fully saturated rings. The minimum Gasteiger partial charge on any atom is -0.395 e. The molecule has 0 aliphatic carbocycles. The van der Waals surface area contributed by atoms with E-state index in [2.05, 4.69) is 30.0 Å². The zero-order valence-corrected chi connectivity index (χ0v) is 7.95. The average Bonchev–Trinajstić information content (AvgIpc) is 2.49. The number of hydrogen-bond acceptors (Lipinski definition) is 2. The molecular weight excluding hydrogens is 162 g/mol. The standard InChI is InChI=1S/C11H15NO/c1-9-2-3-11-10(8-9)4-5-12(11)6-7-13/h2-3,8,13H,4-7H2,1H3. The third-order valence-electron chi connectivity index (χ3n) is 2.60. The molecule has 0 unspecified atom stereocenters. The van der Waals surface area contributed by atoms with Crippen LogP contribution in [0.15, 0.2) is 18.2 Å². The Bertz CT molecular complexity index is 309. The maximum Gasteiger partial charge on any atom is 0.0606 e. The van der Waals surface area contributed by atoms with Crippen molar-refractivity contribution < 1.29 is 5.11 Å². The van der Waals surface area contributed by atoms with Crippen LogP contribution in [0.4, 0.5) is 5.69 Å². The van der Waals surface area contributed by atoms with Gasteiger partial charge in [0.2, 0.25) is 0 Å². The molecular formula is C11H15NO. The molecule has 2 rings (SSSR count). The van der Waals surface area contributed by atoms with Crippen molar-refractivity contribution in [3.63, 3.8) is 0 Å². The third kappa shape index (κ3) is 1.54. The molecule has 0 aromatic heterocycles. The molecule has 70 valence electrons. The fraction of sp³-hybridized carbons (Fsp3) is 0.455. The number of benzene rings is 1. The van der Waals surface area contributed by atoms with Gasteiger partial charge in [-0.1, -0.05) is 17.7 Å². The largest absolute Gasteiger partial charge is 0.395 e. The van der Waals surface area contributed by atoms with Gasteiger partial charge in [0, 0.05) is 18.8 Å². The molecule has 1 N–H and O–H groups in total. The molecule has 0 saturated carbocycles. The van der Waals surface area contributed by atoms with Crippen molar-refractivity contribution in [3.05, 3.63) is 29.3 Å². The lowest BCUT2D eigenvalue weighted by Gasteiger charge is -2.17. The number of aliphatic hydroxyl groups excluding tert-OH is 1. The van der Waals surface area contributed by atoms with Gasteiger partial charge in [-0.2, -0.15) is 0 Å². The van der Waals surface area contributed by atoms with Crippen molar-refractivity contribution in [1.29, 1.82) is 0 Å². The van der Waals surface area contributed by atoms with Crippen molar-refractivity contribution in [3.8, 4) is 0 Å². The van der Waals surface area contributed by atoms with Gasteiger partial charge in [-0.3, -0.25) is 0 Å². The van der Waals surface area contributed by atoms with Crippen molar-refractivity contribution in [2.24, 2.45) is 0 Å². The van der Waals surface area contributed by atoms with E-state index >= 15 is 0 Å². The summed E-state index contributed by atoms with van der Waals surface area (Å²) >= 11 is 0. The molecule has 2 heteroatoms. The highest BCUT2D eigenvalue weighted by molar-refractivity contribution is 5.58. The number of aryl methyl sites for hydroxylation is 1. The molecule has 1 aliphatic heterocycles. The minimum absolute atomic E-state index is 0.243. The van der Waals surface area contributed by atoms with Gasteiger partial charge in [0.25, 0.3) is 0 Å². The summed E-state index contributed by atoms with van der Waals surface area (Å²) < 4.78 is 0. The van der Waals surface area contributed by atoms with Gasteiger partial charge in [0.15, 0.2) is 0 Å². The SMILES string of the molecule is Cc1ccc2c(c1)CCN2CCO. The average molecular weight is 177 g/mol. The lowest BCUT2D eigenvalue weighted by molar-refractivity contribution is 0.303. The second-order valence-electron chi connectivity index (χ2n) is 3.59. The van der Waals surface area contributed by atoms with Crippen LogP contribution in [-0.2, 0) is 6.42 Å². The molecule has 0 atom stereocenters. The van der Waals surface area contributed by atoms with Gasteiger partial charge in [-0.15, -0.1) is 0 Å². The van der Waals surface area contributed by atoms with Gasteiger partial charge in [0.1, 0.15) is 0 Å². The molecule has 2 nitrogen and oxygen atoms in total. The zero-order valence-electron chi connectivity index (χ0n) is 7.95. The first-order chi connectivity index (χ1) is 6.31. The summed E-state index contributed by atoms with van der Waals surface area (Å²) in [5.74, 6) is 0. The van der Waals surface area contributed by atoms with Crippen molar-refractivity contribution in [1.82, 2.24) is 0 Å². The summed E-state index contributed by atoms with van der Waals surface area (Å²) in [4.78, 5) is 2.24. The van der Waals surface area contributed by atoms with Crippen LogP contribution in [0, 0.1) is 6.92 Å². The molecule has 0 amide bonds. The number of anilines is 1. The first kappa shape index (κ1) is 8.57. The maximum absolute atomic E-state index is 8.87. The summed E-state index contributed by atoms with van der Waals surface area (Å²) in [6.07, 6.45) is 1.12. The van der Waals surface area contributed by atoms with Crippen LogP contribution in [-0.4, -0.2) is 24.8 Å². The summed E-state index contributed by atoms with van der Waals surface area (Å²) in [7, 11) is 0. The van der Waals surface area contributed by atoms with Crippen LogP contribution in [0.3, 0.4) is 0 Å². The number of β-amino-alcohol motifs (C(OH)–C–C–N with tert-alkyl or cyclic N) is 1. The second kappa shape index (κ2) is 3.38. The van der Waals surface area contributed by atoms with Crippen LogP contribution < -0.4 is 4.90 Å². The number of rotatable bonds is 2. The maximum atomic E-state index is 8.87. The Morgan fingerprint density at radius 1 is 1.46 bits per heavy atom. The van der Waals surface area contributed by atoms with Crippen LogP contribution in [0.25, 0.3) is 0 Å². The number of hydrogen-bond donors (Lipinski definition) is 1. The molecule has 1 aromatic carbocycles. The summed E-state index contributed by atoms with van der Waals surface area (Å²) in [6, 6.07) is 6.54. The minimum atomic E-state index is 0.243. The van der Waals surface area contributed by atoms with E-state index in [4.69, 9.17) is 5.11 Å². The Morgan fingerprint density at radius 3 is 3.08 bits per heavy atom. The molecule has 0 radical (unpaired) electrons. The molecule has 0 bridgehead atoms. The molecule has 1 aliphatic rings. The number of fused-ring (bicyclic) bond motifs is 1. The van der Waals surface area contributed by atoms with Crippen molar-refractivity contribution >= 4 is 5.69 Å². The third-order valence-corrected chi connectivity index (χ3v) is 2.60. The van der Waals surface area contributed by atoms with E-state index in [1.54, 1.807) is 0 Å². The Morgan fingerprint density at radius 2 is 2.31 bits per heavy atom. The fourth-order valence-corrected chi connectivity index (χ4v) is 1.95. The Kier molecular flexibility index (Phi) is 2.23. The summed E-state index contributed by atoms with van der Waals surface area (Å²) in [5.41, 5.74) is 4.05. The molecule has 1 heterocycles. The molecule has 1 aromatic rings. The van der Waals surface area contributed by atoms with Gasteiger partial charge in [0.05, 0.1) is 6.61 Å². The normalized spacial score (nSPS) is 14.8. The lowest BCUT2D eigenvalue weighted by Crippen LogP contribution is -2.23. The van der Waals surface area contributed by atoms with Gasteiger partial charge >= 0.3 is 0 Å². The first-order valence-corrected chi connectivity index (χ1v) is 4.76. The van der Waals surface area contributed by atoms with E-state index in [-0.39, 0.29) is 6.61 Å². The van der Waals surface area contributed by atoms with E-state index < -0.39 is 0 Å². The summed E-state index contributed by atoms with van der Waals surface area (Å²) in [5, 5.41) is 8.87. The Hall–Kier alpha value is -1.02. The first-order valence-electron chi connectivity index (χ1n) is 4.76. The van der Waals surface area contributed by atoms with Gasteiger partial charge in [-0.05, 0) is 25.0 Å². The Labute approximate surface area is 78.8 Å². The number of aliphatic hydroxyl groups is 1. The van der Waals surface area contributed by atoms with Gasteiger partial charge < -0.3 is 10.0 Å². The van der Waals surface area contributed by atoms with Crippen LogP contribution in [0.5, 0.6) is 0 Å². The molecule has 0 saturated heterocycles. The zero-order chi connectivity index (χ0) is 9.26. The van der Waals surface area contributed by atoms with E-state index in [1.165, 1.54) is 16.8 Å². The molecule has 0 spiro atoms. The van der Waals surface area contributed by atoms with Crippen LogP contribution >= 0.6 is 0 Å². The quantitative estimate of drug-likeness (QED) is 0.737. The number of nitrogens with zero attached hydrogens (tertiary/aromatic N) is 1. The highest BCUT2D eigenvalue weighted by Gasteiger charge is 2.17. The summed E-state index contributed by atoms with van der Waals surface area (Å²) in [6.45, 7) is 4.18. The smallest absolute Gasteiger partial charge is 0.0606 e. The lowest BCUT2D eigenvalue weighted by atomic mass is 10.1. The van der Waals surface area contributed by atoms with Crippen molar-refractivity contribution in [2.45, 2.75) is 13.3 Å². The van der Waals surface area contributed by atoms with E-state index in [9.17, 15) is 0 Å². The molecule has 13 heavy (non-hydrogen) atoms. The van der Waals surface area contributed by atoms with Gasteiger partial charge in [-0.25, -0.2) is 0 Å². The predicted octanol–water partition coefficient (Wildman–Crippen LogP) is 1.35. The topological polar surface area (TPSA) is 23.5 Å². The Balaban J connectivity index is 2.27. The van der Waals surface area contributed by atoms with E-state index in [0.717, 1.165) is 19.5 Å². The monoisotopic (exact) mass is 177 g/mol.